The summed E-state index contributed by atoms with van der Waals surface area (Å²) in [4.78, 5) is 27.4. The molecule has 2 atom stereocenters. The number of ether oxygens (including phenoxy) is 2. The van der Waals surface area contributed by atoms with E-state index in [1.54, 1.807) is 19.1 Å². The van der Waals surface area contributed by atoms with Gasteiger partial charge in [0.05, 0.1) is 29.4 Å². The molecule has 0 aliphatic heterocycles. The van der Waals surface area contributed by atoms with Crippen LogP contribution in [0, 0.1) is 11.6 Å². The Hall–Kier alpha value is -4.54. The zero-order valence-electron chi connectivity index (χ0n) is 29.8. The smallest absolute Gasteiger partial charge is 0.478 e. The Morgan fingerprint density at radius 3 is 1.83 bits per heavy atom. The number of allylic oxidation sites excluding steroid dienone is 5. The summed E-state index contributed by atoms with van der Waals surface area (Å²) in [5, 5.41) is 19.8. The summed E-state index contributed by atoms with van der Waals surface area (Å²) in [5.74, 6) is -3.60. The molecule has 0 spiro atoms. The van der Waals surface area contributed by atoms with Crippen LogP contribution in [0.4, 0.5) is 8.78 Å². The van der Waals surface area contributed by atoms with E-state index in [1.165, 1.54) is 99.4 Å². The van der Waals surface area contributed by atoms with E-state index < -0.39 is 52.5 Å². The van der Waals surface area contributed by atoms with Crippen LogP contribution < -0.4 is 33.7 Å². The average Bonchev–Trinajstić information content (AvgIpc) is 3.12. The average molecular weight is 788 g/mol. The number of esters is 1. The number of aliphatic hydroxyl groups is 1. The number of carbonyl (C=O) groups excluding carboxylic acids is 1. The minimum Gasteiger partial charge on any atom is -0.478 e. The van der Waals surface area contributed by atoms with Gasteiger partial charge in [-0.3, -0.25) is 4.18 Å². The van der Waals surface area contributed by atoms with Crippen LogP contribution in [-0.4, -0.2) is 50.7 Å². The van der Waals surface area contributed by atoms with Crippen LogP contribution in [-0.2, 0) is 45.4 Å². The van der Waals surface area contributed by atoms with Crippen LogP contribution >= 0.6 is 0 Å². The second kappa shape index (κ2) is 20.8. The predicted octanol–water partition coefficient (Wildman–Crippen LogP) is 4.23. The molecule has 0 aromatic heterocycles. The Morgan fingerprint density at radius 2 is 1.33 bits per heavy atom. The summed E-state index contributed by atoms with van der Waals surface area (Å²) in [5.41, 5.74) is 0.866. The predicted molar refractivity (Wildman–Crippen MR) is 197 cm³/mol. The molecule has 4 aromatic rings. The van der Waals surface area contributed by atoms with E-state index >= 15 is 0 Å². The first-order valence-electron chi connectivity index (χ1n) is 15.6. The van der Waals surface area contributed by atoms with Crippen molar-refractivity contribution < 1.29 is 84.4 Å². The third-order valence-electron chi connectivity index (χ3n) is 7.36. The normalized spacial score (nSPS) is 13.8. The van der Waals surface area contributed by atoms with E-state index in [9.17, 15) is 37.0 Å². The van der Waals surface area contributed by atoms with E-state index in [0.29, 0.717) is 16.0 Å². The number of hydrogen-bond donors (Lipinski definition) is 2. The zero-order valence-corrected chi connectivity index (χ0v) is 33.5. The second-order valence-electron chi connectivity index (χ2n) is 11.0. The van der Waals surface area contributed by atoms with Gasteiger partial charge >= 0.3 is 41.5 Å². The van der Waals surface area contributed by atoms with Crippen molar-refractivity contribution in [3.63, 3.8) is 0 Å². The van der Waals surface area contributed by atoms with Gasteiger partial charge in [0.1, 0.15) is 23.1 Å². The van der Waals surface area contributed by atoms with Crippen LogP contribution in [0.25, 0.3) is 22.3 Å². The van der Waals surface area contributed by atoms with Gasteiger partial charge < -0.3 is 23.9 Å². The summed E-state index contributed by atoms with van der Waals surface area (Å²) in [6, 6.07) is 22.2. The first kappa shape index (κ1) is 43.9. The summed E-state index contributed by atoms with van der Waals surface area (Å²) in [6.07, 6.45) is 3.84. The van der Waals surface area contributed by atoms with Crippen molar-refractivity contribution in [2.24, 2.45) is 0 Å². The van der Waals surface area contributed by atoms with Crippen molar-refractivity contribution in [2.75, 3.05) is 20.2 Å². The number of aliphatic carboxylic acids is 1. The van der Waals surface area contributed by atoms with Crippen molar-refractivity contribution in [1.29, 1.82) is 0 Å². The van der Waals surface area contributed by atoms with E-state index in [0.717, 1.165) is 18.2 Å². The molecule has 0 aliphatic carbocycles. The molecule has 10 nitrogen and oxygen atoms in total. The van der Waals surface area contributed by atoms with Gasteiger partial charge in [0.25, 0.3) is 0 Å². The van der Waals surface area contributed by atoms with Crippen molar-refractivity contribution in [3.8, 4) is 5.75 Å². The molecule has 0 fully saturated rings. The fourth-order valence-corrected chi connectivity index (χ4v) is 6.15. The Balaban J connectivity index is 0.00000784. The number of rotatable bonds is 15. The molecule has 0 aliphatic rings. The van der Waals surface area contributed by atoms with Crippen LogP contribution in [0.5, 0.6) is 5.75 Å². The topological polar surface area (TPSA) is 146 Å². The molecule has 0 amide bonds. The molecule has 15 heteroatoms. The number of carbonyl (C=O) groups is 2. The summed E-state index contributed by atoms with van der Waals surface area (Å²) in [7, 11) is 1.26. The van der Waals surface area contributed by atoms with Crippen LogP contribution in [0.1, 0.15) is 36.1 Å². The standard InChI is InChI=1S/C39H34F2O10S2.Na/c1-24(22-49-23-42)35(27-11-15-32(16-12-27)51-52(4)46)37(29-8-6-10-31(41)21-29)39(45)50-25(2)19-34(26-13-17-33(18-14-26)53(47)48-3)36(38(43)44)28-7-5-9-30(40)20-28;/h5-22,42H,23H2,1-4H3,(H,43,44);/q;+1/b24-22+,25-19+,36-34+,37-35+;. The number of carboxylic acids is 1. The van der Waals surface area contributed by atoms with Crippen LogP contribution in [0.15, 0.2) is 126 Å². The first-order chi connectivity index (χ1) is 25.3. The van der Waals surface area contributed by atoms with E-state index in [4.69, 9.17) is 17.8 Å². The number of hydrogen-bond acceptors (Lipinski definition) is 9. The molecule has 2 N–H and O–H groups in total. The third kappa shape index (κ3) is 11.7. The largest absolute Gasteiger partial charge is 1.00 e. The minimum absolute atomic E-state index is 0. The van der Waals surface area contributed by atoms with Gasteiger partial charge in [-0.25, -0.2) is 26.8 Å². The fraction of sp³-hybridized carbons (Fsp3) is 0.128. The van der Waals surface area contributed by atoms with Crippen LogP contribution in [0.2, 0.25) is 0 Å². The van der Waals surface area contributed by atoms with Gasteiger partial charge in [-0.2, -0.15) is 0 Å². The van der Waals surface area contributed by atoms with E-state index in [-0.39, 0.29) is 80.0 Å². The maximum Gasteiger partial charge on any atom is 1.00 e. The van der Waals surface area contributed by atoms with Gasteiger partial charge in [0, 0.05) is 17.4 Å². The Bertz CT molecular complexity index is 2160. The maximum absolute atomic E-state index is 14.7. The number of carboxylic acid groups (broad SMARTS) is 1. The van der Waals surface area contributed by atoms with Gasteiger partial charge in [-0.15, -0.1) is 0 Å². The third-order valence-corrected chi connectivity index (χ3v) is 8.75. The second-order valence-corrected chi connectivity index (χ2v) is 13.3. The Morgan fingerprint density at radius 1 is 0.778 bits per heavy atom. The maximum atomic E-state index is 14.7. The summed E-state index contributed by atoms with van der Waals surface area (Å²) < 4.78 is 74.0. The first-order valence-corrected chi connectivity index (χ1v) is 18.1. The van der Waals surface area contributed by atoms with Crippen molar-refractivity contribution in [3.05, 3.63) is 155 Å². The SMILES string of the molecule is COS(=O)c1ccc(C(/C=C(\C)OC(=O)/C(=C(\C(C)=C\OCO)c2ccc(OS(C)=O)cc2)c2cccc(F)c2)=C(/C(=O)O)c2cccc(F)c2)cc1.[Na+]. The molecule has 0 saturated heterocycles. The molecule has 0 bridgehead atoms. The fourth-order valence-electron chi connectivity index (χ4n) is 5.22. The Kier molecular flexibility index (Phi) is 16.9. The molecule has 0 saturated carbocycles. The number of halogens is 2. The molecule has 276 valence electrons. The van der Waals surface area contributed by atoms with Gasteiger partial charge in [0.15, 0.2) is 17.9 Å². The Labute approximate surface area is 338 Å². The molecule has 0 heterocycles. The monoisotopic (exact) mass is 787 g/mol. The van der Waals surface area contributed by atoms with Gasteiger partial charge in [-0.05, 0) is 96.3 Å². The zero-order chi connectivity index (χ0) is 38.7. The van der Waals surface area contributed by atoms with Crippen molar-refractivity contribution >= 4 is 56.4 Å². The quantitative estimate of drug-likeness (QED) is 0.0342. The van der Waals surface area contributed by atoms with Crippen LogP contribution in [0.3, 0.4) is 0 Å². The van der Waals surface area contributed by atoms with Gasteiger partial charge in [0.2, 0.25) is 11.1 Å². The molecule has 4 aromatic carbocycles. The molecule has 4 rings (SSSR count). The molecule has 2 unspecified atom stereocenters. The van der Waals surface area contributed by atoms with E-state index in [1.807, 2.05) is 0 Å². The molecular weight excluding hydrogens is 754 g/mol. The summed E-state index contributed by atoms with van der Waals surface area (Å²) in [6.45, 7) is 2.30. The van der Waals surface area contributed by atoms with E-state index in [2.05, 4.69) is 0 Å². The molecule has 54 heavy (non-hydrogen) atoms. The molecule has 0 radical (unpaired) electrons. The minimum atomic E-state index is -1.79. The summed E-state index contributed by atoms with van der Waals surface area (Å²) >= 11 is -3.41. The van der Waals surface area contributed by atoms with Gasteiger partial charge in [-0.1, -0.05) is 48.5 Å². The molecular formula is C39H34F2NaO10S2+. The van der Waals surface area contributed by atoms with Crippen molar-refractivity contribution in [1.82, 2.24) is 0 Å². The van der Waals surface area contributed by atoms with Crippen molar-refractivity contribution in [2.45, 2.75) is 18.7 Å². The number of benzene rings is 4. The number of aliphatic hydroxyl groups excluding tert-OH is 1.